The molecule has 0 heterocycles. The third-order valence-corrected chi connectivity index (χ3v) is 1.86. The molecule has 1 unspecified atom stereocenters. The highest BCUT2D eigenvalue weighted by atomic mass is 19.4. The lowest BCUT2D eigenvalue weighted by Gasteiger charge is -2.33. The minimum atomic E-state index is -6.61. The first-order chi connectivity index (χ1) is 9.60. The zero-order chi connectivity index (χ0) is 18.0. The molecule has 0 aromatic rings. The van der Waals surface area contributed by atoms with Gasteiger partial charge < -0.3 is 0 Å². The normalized spacial score (nSPS) is 17.2. The molecule has 0 rings (SSSR count). The molecule has 0 spiro atoms. The Morgan fingerprint density at radius 3 is 1.36 bits per heavy atom. The van der Waals surface area contributed by atoms with E-state index < -0.39 is 49.7 Å². The van der Waals surface area contributed by atoms with Crippen LogP contribution in [-0.4, -0.2) is 49.7 Å². The van der Waals surface area contributed by atoms with Crippen molar-refractivity contribution in [2.24, 2.45) is 0 Å². The van der Waals surface area contributed by atoms with Crippen LogP contribution in [0.2, 0.25) is 0 Å². The molecule has 0 amide bonds. The van der Waals surface area contributed by atoms with E-state index in [1.165, 1.54) is 0 Å². The molecule has 0 bridgehead atoms. The van der Waals surface area contributed by atoms with E-state index in [0.717, 1.165) is 0 Å². The number of halogens is 11. The Labute approximate surface area is 114 Å². The molecule has 0 radical (unpaired) electrons. The molecular formula is C8H5F11O3. The summed E-state index contributed by atoms with van der Waals surface area (Å²) in [4.78, 5) is 9.84. The molecule has 0 aliphatic carbocycles. The van der Waals surface area contributed by atoms with Gasteiger partial charge in [0.15, 0.2) is 19.6 Å². The van der Waals surface area contributed by atoms with E-state index in [1.54, 1.807) is 0 Å². The van der Waals surface area contributed by atoms with Gasteiger partial charge in [-0.2, -0.15) is 35.1 Å². The number of hydrogen-bond acceptors (Lipinski definition) is 3. The number of alkyl halides is 11. The van der Waals surface area contributed by atoms with Crippen molar-refractivity contribution in [1.82, 2.24) is 0 Å². The monoisotopic (exact) mass is 358 g/mol. The Morgan fingerprint density at radius 1 is 0.727 bits per heavy atom. The van der Waals surface area contributed by atoms with Crippen LogP contribution in [0.25, 0.3) is 0 Å². The summed E-state index contributed by atoms with van der Waals surface area (Å²) in [6.07, 6.45) is -21.5. The fourth-order valence-corrected chi connectivity index (χ4v) is 0.774. The summed E-state index contributed by atoms with van der Waals surface area (Å²) in [7, 11) is 0. The maximum Gasteiger partial charge on any atom is 0.456 e. The van der Waals surface area contributed by atoms with Crippen LogP contribution in [-0.2, 0) is 14.3 Å². The Morgan fingerprint density at radius 2 is 1.09 bits per heavy atom. The van der Waals surface area contributed by atoms with E-state index in [2.05, 4.69) is 9.47 Å². The molecule has 0 aliphatic heterocycles. The quantitative estimate of drug-likeness (QED) is 0.494. The number of aldehydes is 1. The number of rotatable bonds is 8. The standard InChI is InChI=1S/C8H5F11O3/c9-1-4(11,2-10)21-7(16,17)8(18,19)22-5(12,3-20)6(13,14)15/h3H,1-2H2. The maximum atomic E-state index is 12.8. The predicted octanol–water partition coefficient (Wildman–Crippen LogP) is 3.24. The number of carbonyl (C=O) groups excluding carboxylic acids is 1. The average molecular weight is 358 g/mol. The van der Waals surface area contributed by atoms with Crippen molar-refractivity contribution in [3.63, 3.8) is 0 Å². The van der Waals surface area contributed by atoms with Gasteiger partial charge in [0, 0.05) is 0 Å². The van der Waals surface area contributed by atoms with Crippen LogP contribution in [0.4, 0.5) is 48.3 Å². The molecule has 0 aromatic carbocycles. The number of ether oxygens (including phenoxy) is 2. The molecule has 22 heavy (non-hydrogen) atoms. The van der Waals surface area contributed by atoms with Gasteiger partial charge in [-0.15, -0.1) is 0 Å². The lowest BCUT2D eigenvalue weighted by molar-refractivity contribution is -0.499. The van der Waals surface area contributed by atoms with Gasteiger partial charge in [-0.05, 0) is 0 Å². The minimum absolute atomic E-state index is 1.93. The van der Waals surface area contributed by atoms with Crippen molar-refractivity contribution in [1.29, 1.82) is 0 Å². The molecular weight excluding hydrogens is 353 g/mol. The third kappa shape index (κ3) is 4.18. The molecule has 0 saturated heterocycles. The van der Waals surface area contributed by atoms with Crippen LogP contribution in [0.3, 0.4) is 0 Å². The van der Waals surface area contributed by atoms with E-state index in [9.17, 15) is 53.1 Å². The fourth-order valence-electron chi connectivity index (χ4n) is 0.774. The third-order valence-electron chi connectivity index (χ3n) is 1.86. The van der Waals surface area contributed by atoms with E-state index >= 15 is 0 Å². The zero-order valence-electron chi connectivity index (χ0n) is 9.87. The Balaban J connectivity index is 5.49. The van der Waals surface area contributed by atoms with E-state index in [0.29, 0.717) is 0 Å². The summed E-state index contributed by atoms with van der Waals surface area (Å²) in [6.45, 7) is -5.47. The minimum Gasteiger partial charge on any atom is -0.297 e. The first-order valence-electron chi connectivity index (χ1n) is 4.78. The van der Waals surface area contributed by atoms with Crippen molar-refractivity contribution < 1.29 is 62.6 Å². The smallest absolute Gasteiger partial charge is 0.297 e. The van der Waals surface area contributed by atoms with Crippen LogP contribution in [0.15, 0.2) is 0 Å². The van der Waals surface area contributed by atoms with Crippen LogP contribution >= 0.6 is 0 Å². The lowest BCUT2D eigenvalue weighted by atomic mass is 10.3. The van der Waals surface area contributed by atoms with Crippen molar-refractivity contribution in [3.8, 4) is 0 Å². The summed E-state index contributed by atoms with van der Waals surface area (Å²) in [5, 5.41) is 0. The second kappa shape index (κ2) is 6.14. The molecule has 0 fully saturated rings. The second-order valence-corrected chi connectivity index (χ2v) is 3.65. The van der Waals surface area contributed by atoms with Gasteiger partial charge in [0.2, 0.25) is 0 Å². The molecule has 0 N–H and O–H groups in total. The summed E-state index contributed by atoms with van der Waals surface area (Å²) in [6, 6.07) is 0. The first-order valence-corrected chi connectivity index (χ1v) is 4.78. The van der Waals surface area contributed by atoms with Crippen molar-refractivity contribution in [2.45, 2.75) is 30.1 Å². The van der Waals surface area contributed by atoms with E-state index in [1.807, 2.05) is 0 Å². The Bertz CT molecular complexity index is 391. The highest BCUT2D eigenvalue weighted by molar-refractivity contribution is 5.61. The van der Waals surface area contributed by atoms with Gasteiger partial charge in [0.05, 0.1) is 0 Å². The first kappa shape index (κ1) is 20.8. The highest BCUT2D eigenvalue weighted by Gasteiger charge is 2.71. The highest BCUT2D eigenvalue weighted by Crippen LogP contribution is 2.45. The Kier molecular flexibility index (Phi) is 5.81. The summed E-state index contributed by atoms with van der Waals surface area (Å²) < 4.78 is 141. The van der Waals surface area contributed by atoms with E-state index in [-0.39, 0.29) is 0 Å². The van der Waals surface area contributed by atoms with Gasteiger partial charge in [-0.25, -0.2) is 13.2 Å². The summed E-state index contributed by atoms with van der Waals surface area (Å²) in [5.41, 5.74) is 0. The number of carbonyl (C=O) groups is 1. The molecule has 132 valence electrons. The topological polar surface area (TPSA) is 35.5 Å². The Hall–Kier alpha value is -1.18. The van der Waals surface area contributed by atoms with Crippen LogP contribution in [0.1, 0.15) is 0 Å². The fraction of sp³-hybridized carbons (Fsp3) is 0.875. The van der Waals surface area contributed by atoms with Crippen molar-refractivity contribution in [3.05, 3.63) is 0 Å². The summed E-state index contributed by atoms with van der Waals surface area (Å²) >= 11 is 0. The molecule has 3 nitrogen and oxygen atoms in total. The predicted molar refractivity (Wildman–Crippen MR) is 43.8 cm³/mol. The lowest BCUT2D eigenvalue weighted by Crippen LogP contribution is -2.58. The largest absolute Gasteiger partial charge is 0.456 e. The SMILES string of the molecule is O=CC(F)(OC(F)(F)C(F)(F)OC(F)(CF)CF)C(F)(F)F. The van der Waals surface area contributed by atoms with Crippen LogP contribution < -0.4 is 0 Å². The van der Waals surface area contributed by atoms with Crippen LogP contribution in [0, 0.1) is 0 Å². The van der Waals surface area contributed by atoms with Gasteiger partial charge in [0.1, 0.15) is 0 Å². The average Bonchev–Trinajstić information content (AvgIpc) is 2.35. The van der Waals surface area contributed by atoms with Gasteiger partial charge >= 0.3 is 24.2 Å². The van der Waals surface area contributed by atoms with Crippen molar-refractivity contribution in [2.75, 3.05) is 13.3 Å². The zero-order valence-corrected chi connectivity index (χ0v) is 9.87. The number of hydrogen-bond donors (Lipinski definition) is 0. The molecule has 1 atom stereocenters. The van der Waals surface area contributed by atoms with Gasteiger partial charge in [0.25, 0.3) is 5.85 Å². The van der Waals surface area contributed by atoms with Gasteiger partial charge in [-0.3, -0.25) is 14.3 Å². The van der Waals surface area contributed by atoms with E-state index in [4.69, 9.17) is 0 Å². The molecule has 0 aliphatic rings. The second-order valence-electron chi connectivity index (χ2n) is 3.65. The maximum absolute atomic E-state index is 12.8. The van der Waals surface area contributed by atoms with Crippen LogP contribution in [0.5, 0.6) is 0 Å². The molecule has 14 heteroatoms. The van der Waals surface area contributed by atoms with Gasteiger partial charge in [-0.1, -0.05) is 0 Å². The molecule has 0 aromatic heterocycles. The summed E-state index contributed by atoms with van der Waals surface area (Å²) in [5.74, 6) is -10.6. The molecule has 0 saturated carbocycles. The van der Waals surface area contributed by atoms with Crippen molar-refractivity contribution >= 4 is 6.29 Å².